The number of rotatable bonds is 11. The third-order valence-electron chi connectivity index (χ3n) is 5.60. The van der Waals surface area contributed by atoms with Crippen molar-refractivity contribution in [3.8, 4) is 0 Å². The van der Waals surface area contributed by atoms with E-state index in [9.17, 15) is 13.2 Å². The van der Waals surface area contributed by atoms with Crippen LogP contribution in [-0.2, 0) is 20.5 Å². The van der Waals surface area contributed by atoms with Gasteiger partial charge in [0.15, 0.2) is 13.9 Å². The molecule has 0 bridgehead atoms. The van der Waals surface area contributed by atoms with Gasteiger partial charge in [-0.3, -0.25) is 0 Å². The lowest BCUT2D eigenvalue weighted by Crippen LogP contribution is -2.45. The van der Waals surface area contributed by atoms with Crippen molar-refractivity contribution in [1.29, 1.82) is 0 Å². The maximum Gasteiger partial charge on any atom is 0.417 e. The van der Waals surface area contributed by atoms with E-state index in [0.717, 1.165) is 12.5 Å². The summed E-state index contributed by atoms with van der Waals surface area (Å²) < 4.78 is 57.8. The van der Waals surface area contributed by atoms with Crippen molar-refractivity contribution in [2.75, 3.05) is 13.2 Å². The van der Waals surface area contributed by atoms with Gasteiger partial charge in [0.05, 0.1) is 19.3 Å². The number of hydrogen-bond acceptors (Lipinski definition) is 3. The van der Waals surface area contributed by atoms with Gasteiger partial charge in [-0.2, -0.15) is 13.2 Å². The van der Waals surface area contributed by atoms with E-state index >= 15 is 0 Å². The van der Waals surface area contributed by atoms with Crippen molar-refractivity contribution in [1.82, 2.24) is 0 Å². The summed E-state index contributed by atoms with van der Waals surface area (Å²) in [6.45, 7) is 14.4. The van der Waals surface area contributed by atoms with Gasteiger partial charge in [0.25, 0.3) is 0 Å². The Bertz CT molecular complexity index is 600. The SMILES string of the molecule is C[C@@H](COCCC[C@@](C)(OCc1ccccc1)C(F)(F)F)O[Si](C)(C)C(C)(C)C. The topological polar surface area (TPSA) is 27.7 Å². The van der Waals surface area contributed by atoms with Crippen LogP contribution in [0.15, 0.2) is 30.3 Å². The molecule has 0 heterocycles. The molecule has 0 saturated heterocycles. The van der Waals surface area contributed by atoms with Crippen molar-refractivity contribution >= 4 is 8.32 Å². The molecule has 0 fully saturated rings. The highest BCUT2D eigenvalue weighted by molar-refractivity contribution is 6.74. The second kappa shape index (κ2) is 10.4. The number of alkyl halides is 3. The number of ether oxygens (including phenoxy) is 2. The Kier molecular flexibility index (Phi) is 9.39. The van der Waals surface area contributed by atoms with Gasteiger partial charge in [0, 0.05) is 6.61 Å². The molecule has 0 aromatic heterocycles. The molecule has 3 nitrogen and oxygen atoms in total. The average molecular weight is 435 g/mol. The van der Waals surface area contributed by atoms with Gasteiger partial charge >= 0.3 is 6.18 Å². The molecule has 0 spiro atoms. The van der Waals surface area contributed by atoms with Crippen molar-refractivity contribution in [3.05, 3.63) is 35.9 Å². The largest absolute Gasteiger partial charge is 0.417 e. The average Bonchev–Trinajstić information content (AvgIpc) is 2.58. The maximum absolute atomic E-state index is 13.6. The molecule has 0 saturated carbocycles. The fraction of sp³-hybridized carbons (Fsp3) is 0.727. The van der Waals surface area contributed by atoms with Crippen LogP contribution in [-0.4, -0.2) is 39.4 Å². The standard InChI is InChI=1S/C22H37F3O3Si/c1-18(28-29(6,7)20(2,3)4)16-26-15-11-14-21(5,22(23,24)25)27-17-19-12-9-8-10-13-19/h8-10,12-13,18H,11,14-17H2,1-7H3/t18-,21+/m0/s1. The number of halogens is 3. The zero-order chi connectivity index (χ0) is 22.3. The van der Waals surface area contributed by atoms with Crippen molar-refractivity contribution < 1.29 is 27.1 Å². The molecule has 0 N–H and O–H groups in total. The van der Waals surface area contributed by atoms with Crippen molar-refractivity contribution in [3.63, 3.8) is 0 Å². The third kappa shape index (κ3) is 8.40. The number of hydrogen-bond donors (Lipinski definition) is 0. The molecule has 0 aliphatic rings. The van der Waals surface area contributed by atoms with Crippen LogP contribution in [0.4, 0.5) is 13.2 Å². The summed E-state index contributed by atoms with van der Waals surface area (Å²) in [6.07, 6.45) is -4.42. The van der Waals surface area contributed by atoms with E-state index in [0.29, 0.717) is 6.61 Å². The minimum Gasteiger partial charge on any atom is -0.412 e. The molecule has 0 amide bonds. The van der Waals surface area contributed by atoms with Crippen LogP contribution in [0.1, 0.15) is 53.0 Å². The quantitative estimate of drug-likeness (QED) is 0.285. The molecule has 1 rings (SSSR count). The van der Waals surface area contributed by atoms with Gasteiger partial charge in [0.2, 0.25) is 0 Å². The summed E-state index contributed by atoms with van der Waals surface area (Å²) in [5.41, 5.74) is -1.48. The second-order valence-electron chi connectivity index (χ2n) is 9.37. The van der Waals surface area contributed by atoms with Crippen molar-refractivity contribution in [2.45, 2.75) is 90.1 Å². The Labute approximate surface area is 175 Å². The van der Waals surface area contributed by atoms with Crippen molar-refractivity contribution in [2.24, 2.45) is 0 Å². The van der Waals surface area contributed by atoms with Crippen LogP contribution in [0, 0.1) is 0 Å². The first-order valence-corrected chi connectivity index (χ1v) is 13.1. The van der Waals surface area contributed by atoms with E-state index < -0.39 is 20.1 Å². The summed E-state index contributed by atoms with van der Waals surface area (Å²) >= 11 is 0. The molecule has 29 heavy (non-hydrogen) atoms. The summed E-state index contributed by atoms with van der Waals surface area (Å²) in [4.78, 5) is 0. The summed E-state index contributed by atoms with van der Waals surface area (Å²) in [6, 6.07) is 8.89. The minimum atomic E-state index is -4.44. The molecule has 2 atom stereocenters. The van der Waals surface area contributed by atoms with Crippen LogP contribution in [0.5, 0.6) is 0 Å². The molecule has 0 aliphatic carbocycles. The monoisotopic (exact) mass is 434 g/mol. The highest BCUT2D eigenvalue weighted by atomic mass is 28.4. The molecule has 7 heteroatoms. The molecule has 0 unspecified atom stereocenters. The summed E-state index contributed by atoms with van der Waals surface area (Å²) in [5.74, 6) is 0. The Hall–Kier alpha value is -0.893. The van der Waals surface area contributed by atoms with Crippen LogP contribution in [0.2, 0.25) is 18.1 Å². The molecule has 1 aromatic carbocycles. The molecule has 0 radical (unpaired) electrons. The van der Waals surface area contributed by atoms with Gasteiger partial charge in [-0.05, 0) is 50.4 Å². The lowest BCUT2D eigenvalue weighted by atomic mass is 9.99. The Balaban J connectivity index is 2.45. The predicted octanol–water partition coefficient (Wildman–Crippen LogP) is 6.73. The summed E-state index contributed by atoms with van der Waals surface area (Å²) in [5, 5.41) is 0.103. The molecular formula is C22H37F3O3Si. The first-order chi connectivity index (χ1) is 13.2. The lowest BCUT2D eigenvalue weighted by molar-refractivity contribution is -0.278. The van der Waals surface area contributed by atoms with Gasteiger partial charge in [-0.25, -0.2) is 0 Å². The Morgan fingerprint density at radius 2 is 1.59 bits per heavy atom. The smallest absolute Gasteiger partial charge is 0.412 e. The maximum atomic E-state index is 13.6. The highest BCUT2D eigenvalue weighted by Gasteiger charge is 2.51. The normalized spacial score (nSPS) is 16.5. The van der Waals surface area contributed by atoms with E-state index in [1.807, 2.05) is 13.0 Å². The minimum absolute atomic E-state index is 0.0743. The van der Waals surface area contributed by atoms with E-state index in [1.54, 1.807) is 24.3 Å². The summed E-state index contributed by atoms with van der Waals surface area (Å²) in [7, 11) is -1.88. The Morgan fingerprint density at radius 1 is 1.00 bits per heavy atom. The first-order valence-electron chi connectivity index (χ1n) is 10.2. The number of benzene rings is 1. The first kappa shape index (κ1) is 26.1. The zero-order valence-electron chi connectivity index (χ0n) is 18.9. The molecule has 1 aromatic rings. The van der Waals surface area contributed by atoms with Gasteiger partial charge in [-0.15, -0.1) is 0 Å². The highest BCUT2D eigenvalue weighted by Crippen LogP contribution is 2.38. The van der Waals surface area contributed by atoms with Crippen LogP contribution in [0.3, 0.4) is 0 Å². The van der Waals surface area contributed by atoms with Crippen LogP contribution < -0.4 is 0 Å². The van der Waals surface area contributed by atoms with Crippen LogP contribution >= 0.6 is 0 Å². The zero-order valence-corrected chi connectivity index (χ0v) is 19.9. The van der Waals surface area contributed by atoms with E-state index in [2.05, 4.69) is 33.9 Å². The molecular weight excluding hydrogens is 397 g/mol. The third-order valence-corrected chi connectivity index (χ3v) is 10.2. The van der Waals surface area contributed by atoms with Gasteiger partial charge < -0.3 is 13.9 Å². The lowest BCUT2D eigenvalue weighted by Gasteiger charge is -2.38. The predicted molar refractivity (Wildman–Crippen MR) is 113 cm³/mol. The Morgan fingerprint density at radius 3 is 2.10 bits per heavy atom. The van der Waals surface area contributed by atoms with Crippen LogP contribution in [0.25, 0.3) is 0 Å². The van der Waals surface area contributed by atoms with E-state index in [-0.39, 0.29) is 37.2 Å². The van der Waals surface area contributed by atoms with E-state index in [4.69, 9.17) is 13.9 Å². The van der Waals surface area contributed by atoms with Gasteiger partial charge in [-0.1, -0.05) is 51.1 Å². The fourth-order valence-corrected chi connectivity index (χ4v) is 4.01. The molecule has 168 valence electrons. The second-order valence-corrected chi connectivity index (χ2v) is 14.1. The molecule has 0 aliphatic heterocycles. The van der Waals surface area contributed by atoms with Gasteiger partial charge in [0.1, 0.15) is 0 Å². The van der Waals surface area contributed by atoms with E-state index in [1.165, 1.54) is 0 Å². The fourth-order valence-electron chi connectivity index (χ4n) is 2.59.